The SMILES string of the molecule is CC#CC[C@H](C)[C@H](O)C=C[C@@H]1[C@H]2CC(CCCCCN3CCOCC3)=C[C@H]2C[C@H]1O. The Labute approximate surface area is 183 Å². The van der Waals surface area contributed by atoms with Crippen molar-refractivity contribution in [2.24, 2.45) is 23.7 Å². The number of rotatable bonds is 10. The highest BCUT2D eigenvalue weighted by Gasteiger charge is 2.43. The topological polar surface area (TPSA) is 52.9 Å². The van der Waals surface area contributed by atoms with Crippen molar-refractivity contribution in [3.63, 3.8) is 0 Å². The summed E-state index contributed by atoms with van der Waals surface area (Å²) in [6, 6.07) is 0. The van der Waals surface area contributed by atoms with Crippen LogP contribution < -0.4 is 0 Å². The van der Waals surface area contributed by atoms with Crippen molar-refractivity contribution in [1.29, 1.82) is 0 Å². The van der Waals surface area contributed by atoms with Crippen LogP contribution in [-0.4, -0.2) is 60.2 Å². The van der Waals surface area contributed by atoms with Gasteiger partial charge in [0, 0.05) is 25.4 Å². The lowest BCUT2D eigenvalue weighted by Crippen LogP contribution is -2.36. The molecule has 6 atom stereocenters. The van der Waals surface area contributed by atoms with Crippen LogP contribution in [0.2, 0.25) is 0 Å². The van der Waals surface area contributed by atoms with Gasteiger partial charge in [0.25, 0.3) is 0 Å². The van der Waals surface area contributed by atoms with Crippen LogP contribution in [0, 0.1) is 35.5 Å². The molecule has 0 aromatic heterocycles. The molecule has 2 aliphatic carbocycles. The Hall–Kier alpha value is -1.12. The number of aliphatic hydroxyl groups excluding tert-OH is 2. The molecule has 2 fully saturated rings. The molecule has 1 aliphatic heterocycles. The fourth-order valence-electron chi connectivity index (χ4n) is 5.30. The lowest BCUT2D eigenvalue weighted by molar-refractivity contribution is 0.0371. The number of hydrogen-bond acceptors (Lipinski definition) is 4. The molecule has 0 unspecified atom stereocenters. The Morgan fingerprint density at radius 3 is 2.83 bits per heavy atom. The molecule has 0 spiro atoms. The third kappa shape index (κ3) is 6.69. The predicted octanol–water partition coefficient (Wildman–Crippen LogP) is 3.79. The van der Waals surface area contributed by atoms with E-state index in [0.717, 1.165) is 39.1 Å². The maximum absolute atomic E-state index is 10.5. The first-order chi connectivity index (χ1) is 14.6. The molecule has 168 valence electrons. The van der Waals surface area contributed by atoms with Crippen molar-refractivity contribution in [3.05, 3.63) is 23.8 Å². The molecule has 3 rings (SSSR count). The summed E-state index contributed by atoms with van der Waals surface area (Å²) in [5, 5.41) is 20.9. The van der Waals surface area contributed by atoms with E-state index in [1.54, 1.807) is 5.57 Å². The highest BCUT2D eigenvalue weighted by Crippen LogP contribution is 2.48. The fraction of sp³-hybridized carbons (Fsp3) is 0.769. The van der Waals surface area contributed by atoms with E-state index in [1.807, 2.05) is 19.9 Å². The third-order valence-corrected chi connectivity index (χ3v) is 7.24. The molecule has 4 nitrogen and oxygen atoms in total. The number of hydrogen-bond donors (Lipinski definition) is 2. The molecular weight excluding hydrogens is 374 g/mol. The minimum Gasteiger partial charge on any atom is -0.392 e. The van der Waals surface area contributed by atoms with E-state index in [9.17, 15) is 10.2 Å². The largest absolute Gasteiger partial charge is 0.392 e. The molecule has 0 bridgehead atoms. The summed E-state index contributed by atoms with van der Waals surface area (Å²) in [6.07, 6.45) is 13.4. The molecule has 0 radical (unpaired) electrons. The van der Waals surface area contributed by atoms with Crippen molar-refractivity contribution < 1.29 is 14.9 Å². The van der Waals surface area contributed by atoms with Crippen LogP contribution in [0.5, 0.6) is 0 Å². The molecule has 1 heterocycles. The molecule has 4 heteroatoms. The van der Waals surface area contributed by atoms with Gasteiger partial charge < -0.3 is 14.9 Å². The van der Waals surface area contributed by atoms with Gasteiger partial charge in [0.05, 0.1) is 25.4 Å². The summed E-state index contributed by atoms with van der Waals surface area (Å²) in [5.74, 6) is 7.26. The van der Waals surface area contributed by atoms with E-state index in [4.69, 9.17) is 4.74 Å². The van der Waals surface area contributed by atoms with Gasteiger partial charge in [0.15, 0.2) is 0 Å². The number of allylic oxidation sites excluding steroid dienone is 2. The van der Waals surface area contributed by atoms with Crippen molar-refractivity contribution in [2.45, 2.75) is 71.0 Å². The molecule has 0 aromatic rings. The summed E-state index contributed by atoms with van der Waals surface area (Å²) < 4.78 is 5.41. The Kier molecular flexibility index (Phi) is 9.46. The molecule has 1 saturated heterocycles. The average molecular weight is 416 g/mol. The lowest BCUT2D eigenvalue weighted by atomic mass is 9.88. The van der Waals surface area contributed by atoms with Crippen molar-refractivity contribution in [3.8, 4) is 11.8 Å². The van der Waals surface area contributed by atoms with Gasteiger partial charge in [-0.15, -0.1) is 11.8 Å². The molecule has 0 aromatic carbocycles. The second kappa shape index (κ2) is 12.1. The normalized spacial score (nSPS) is 31.3. The highest BCUT2D eigenvalue weighted by atomic mass is 16.5. The first kappa shape index (κ1) is 23.5. The van der Waals surface area contributed by atoms with Gasteiger partial charge in [0.1, 0.15) is 0 Å². The molecule has 1 saturated carbocycles. The molecule has 30 heavy (non-hydrogen) atoms. The number of aliphatic hydroxyl groups is 2. The Balaban J connectivity index is 1.38. The fourth-order valence-corrected chi connectivity index (χ4v) is 5.30. The quantitative estimate of drug-likeness (QED) is 0.324. The maximum atomic E-state index is 10.5. The van der Waals surface area contributed by atoms with Gasteiger partial charge in [-0.3, -0.25) is 4.90 Å². The number of ether oxygens (including phenoxy) is 1. The van der Waals surface area contributed by atoms with Crippen LogP contribution in [0.15, 0.2) is 23.8 Å². The zero-order valence-corrected chi connectivity index (χ0v) is 18.9. The van der Waals surface area contributed by atoms with E-state index < -0.39 is 6.10 Å². The maximum Gasteiger partial charge on any atom is 0.0755 e. The van der Waals surface area contributed by atoms with Crippen LogP contribution in [0.25, 0.3) is 0 Å². The Morgan fingerprint density at radius 2 is 2.07 bits per heavy atom. The van der Waals surface area contributed by atoms with Gasteiger partial charge in [-0.25, -0.2) is 0 Å². The smallest absolute Gasteiger partial charge is 0.0755 e. The van der Waals surface area contributed by atoms with Crippen LogP contribution in [0.3, 0.4) is 0 Å². The van der Waals surface area contributed by atoms with Gasteiger partial charge in [-0.2, -0.15) is 0 Å². The molecule has 0 amide bonds. The number of morpholine rings is 1. The first-order valence-corrected chi connectivity index (χ1v) is 12.0. The number of nitrogens with zero attached hydrogens (tertiary/aromatic N) is 1. The standard InChI is InChI=1S/C26H41NO3/c1-3-4-8-20(2)25(28)11-10-23-24-18-21(17-22(24)19-26(23)29)9-6-5-7-12-27-13-15-30-16-14-27/h10-11,17,20,22-26,28-29H,5-9,12-16,18-19H2,1-2H3/t20-,22-,23+,24-,25+,26+/m0/s1. The predicted molar refractivity (Wildman–Crippen MR) is 122 cm³/mol. The number of fused-ring (bicyclic) bond motifs is 1. The monoisotopic (exact) mass is 415 g/mol. The van der Waals surface area contributed by atoms with Crippen LogP contribution >= 0.6 is 0 Å². The second-order valence-corrected chi connectivity index (χ2v) is 9.49. The van der Waals surface area contributed by atoms with E-state index in [-0.39, 0.29) is 17.9 Å². The van der Waals surface area contributed by atoms with Gasteiger partial charge in [0.2, 0.25) is 0 Å². The van der Waals surface area contributed by atoms with Crippen molar-refractivity contribution in [1.82, 2.24) is 4.90 Å². The third-order valence-electron chi connectivity index (χ3n) is 7.24. The van der Waals surface area contributed by atoms with Crippen LogP contribution in [0.4, 0.5) is 0 Å². The molecular formula is C26H41NO3. The van der Waals surface area contributed by atoms with E-state index >= 15 is 0 Å². The van der Waals surface area contributed by atoms with Gasteiger partial charge >= 0.3 is 0 Å². The average Bonchev–Trinajstić information content (AvgIpc) is 3.27. The first-order valence-electron chi connectivity index (χ1n) is 12.0. The van der Waals surface area contributed by atoms with Crippen LogP contribution in [0.1, 0.15) is 58.8 Å². The second-order valence-electron chi connectivity index (χ2n) is 9.49. The summed E-state index contributed by atoms with van der Waals surface area (Å²) in [4.78, 5) is 2.52. The minimum atomic E-state index is -0.489. The number of unbranched alkanes of at least 4 members (excludes halogenated alkanes) is 2. The van der Waals surface area contributed by atoms with Crippen molar-refractivity contribution in [2.75, 3.05) is 32.8 Å². The Bertz CT molecular complexity index is 640. The minimum absolute atomic E-state index is 0.123. The van der Waals surface area contributed by atoms with E-state index in [1.165, 1.54) is 32.2 Å². The molecule has 2 N–H and O–H groups in total. The zero-order chi connectivity index (χ0) is 21.3. The molecule has 3 aliphatic rings. The van der Waals surface area contributed by atoms with Gasteiger partial charge in [-0.1, -0.05) is 37.1 Å². The van der Waals surface area contributed by atoms with E-state index in [0.29, 0.717) is 18.3 Å². The summed E-state index contributed by atoms with van der Waals surface area (Å²) in [6.45, 7) is 9.02. The zero-order valence-electron chi connectivity index (χ0n) is 18.9. The summed E-state index contributed by atoms with van der Waals surface area (Å²) >= 11 is 0. The van der Waals surface area contributed by atoms with E-state index in [2.05, 4.69) is 28.9 Å². The highest BCUT2D eigenvalue weighted by molar-refractivity contribution is 5.21. The van der Waals surface area contributed by atoms with Crippen LogP contribution in [-0.2, 0) is 4.74 Å². The van der Waals surface area contributed by atoms with Crippen molar-refractivity contribution >= 4 is 0 Å². The van der Waals surface area contributed by atoms with Gasteiger partial charge in [-0.05, 0) is 63.3 Å². The Morgan fingerprint density at radius 1 is 1.27 bits per heavy atom. The lowest BCUT2D eigenvalue weighted by Gasteiger charge is -2.26. The summed E-state index contributed by atoms with van der Waals surface area (Å²) in [7, 11) is 0. The summed E-state index contributed by atoms with van der Waals surface area (Å²) in [5.41, 5.74) is 1.59.